The molecule has 1 aliphatic rings. The SMILES string of the molecule is COc1ccc(CNCCCSc2nnnn2C)cc1CN1CCOCC1. The van der Waals surface area contributed by atoms with Crippen LogP contribution in [0.3, 0.4) is 0 Å². The van der Waals surface area contributed by atoms with Crippen LogP contribution in [0.15, 0.2) is 23.4 Å². The Morgan fingerprint density at radius 2 is 2.15 bits per heavy atom. The second kappa shape index (κ2) is 10.6. The van der Waals surface area contributed by atoms with Crippen molar-refractivity contribution in [2.75, 3.05) is 45.7 Å². The number of tetrazole rings is 1. The van der Waals surface area contributed by atoms with Gasteiger partial charge in [-0.25, -0.2) is 4.68 Å². The molecule has 1 fully saturated rings. The van der Waals surface area contributed by atoms with E-state index in [0.717, 1.165) is 69.0 Å². The highest BCUT2D eigenvalue weighted by molar-refractivity contribution is 7.99. The fourth-order valence-corrected chi connectivity index (χ4v) is 3.79. The quantitative estimate of drug-likeness (QED) is 0.479. The predicted molar refractivity (Wildman–Crippen MR) is 105 cm³/mol. The summed E-state index contributed by atoms with van der Waals surface area (Å²) in [6.45, 7) is 6.30. The monoisotopic (exact) mass is 392 g/mol. The molecule has 0 spiro atoms. The van der Waals surface area contributed by atoms with Gasteiger partial charge in [0.2, 0.25) is 5.16 Å². The molecule has 8 nitrogen and oxygen atoms in total. The van der Waals surface area contributed by atoms with E-state index < -0.39 is 0 Å². The summed E-state index contributed by atoms with van der Waals surface area (Å²) < 4.78 is 12.7. The van der Waals surface area contributed by atoms with Gasteiger partial charge in [0.15, 0.2) is 0 Å². The van der Waals surface area contributed by atoms with Gasteiger partial charge in [0.25, 0.3) is 0 Å². The molecular weight excluding hydrogens is 364 g/mol. The summed E-state index contributed by atoms with van der Waals surface area (Å²) in [5.41, 5.74) is 2.52. The topological polar surface area (TPSA) is 77.3 Å². The molecule has 148 valence electrons. The molecule has 1 saturated heterocycles. The molecule has 1 N–H and O–H groups in total. The van der Waals surface area contributed by atoms with Crippen molar-refractivity contribution in [3.63, 3.8) is 0 Å². The highest BCUT2D eigenvalue weighted by Gasteiger charge is 2.13. The maximum atomic E-state index is 5.55. The number of morpholine rings is 1. The molecule has 0 unspecified atom stereocenters. The van der Waals surface area contributed by atoms with Gasteiger partial charge < -0.3 is 14.8 Å². The van der Waals surface area contributed by atoms with Crippen molar-refractivity contribution in [2.45, 2.75) is 24.7 Å². The van der Waals surface area contributed by atoms with Crippen molar-refractivity contribution in [2.24, 2.45) is 7.05 Å². The molecule has 0 radical (unpaired) electrons. The van der Waals surface area contributed by atoms with Crippen LogP contribution >= 0.6 is 11.8 Å². The lowest BCUT2D eigenvalue weighted by molar-refractivity contribution is 0.0339. The minimum atomic E-state index is 0.811. The van der Waals surface area contributed by atoms with Gasteiger partial charge in [0, 0.05) is 44.5 Å². The zero-order valence-electron chi connectivity index (χ0n) is 16.1. The number of thioether (sulfide) groups is 1. The standard InChI is InChI=1S/C18H28N6O2S/c1-23-18(20-21-22-23)27-11-3-6-19-13-15-4-5-17(25-2)16(12-15)14-24-7-9-26-10-8-24/h4-5,12,19H,3,6-11,13-14H2,1-2H3. The van der Waals surface area contributed by atoms with E-state index in [4.69, 9.17) is 9.47 Å². The highest BCUT2D eigenvalue weighted by Crippen LogP contribution is 2.22. The summed E-state index contributed by atoms with van der Waals surface area (Å²) >= 11 is 1.68. The Bertz CT molecular complexity index is 705. The number of benzene rings is 1. The number of nitrogens with one attached hydrogen (secondary N) is 1. The van der Waals surface area contributed by atoms with Crippen molar-refractivity contribution in [1.29, 1.82) is 0 Å². The first kappa shape index (κ1) is 20.1. The zero-order chi connectivity index (χ0) is 18.9. The predicted octanol–water partition coefficient (Wildman–Crippen LogP) is 1.32. The Balaban J connectivity index is 1.42. The average molecular weight is 393 g/mol. The average Bonchev–Trinajstić information content (AvgIpc) is 3.10. The molecule has 0 bridgehead atoms. The van der Waals surface area contributed by atoms with E-state index in [1.165, 1.54) is 11.1 Å². The van der Waals surface area contributed by atoms with E-state index in [2.05, 4.69) is 43.9 Å². The van der Waals surface area contributed by atoms with Crippen LogP contribution in [0.25, 0.3) is 0 Å². The van der Waals surface area contributed by atoms with Crippen LogP contribution in [0.4, 0.5) is 0 Å². The lowest BCUT2D eigenvalue weighted by Crippen LogP contribution is -2.35. The van der Waals surface area contributed by atoms with Gasteiger partial charge in [0.1, 0.15) is 5.75 Å². The number of aromatic nitrogens is 4. The number of nitrogens with zero attached hydrogens (tertiary/aromatic N) is 5. The molecular formula is C18H28N6O2S. The van der Waals surface area contributed by atoms with Gasteiger partial charge in [-0.15, -0.1) is 5.10 Å². The van der Waals surface area contributed by atoms with Gasteiger partial charge in [-0.05, 0) is 41.1 Å². The van der Waals surface area contributed by atoms with E-state index in [0.29, 0.717) is 0 Å². The minimum Gasteiger partial charge on any atom is -0.496 e. The number of hydrogen-bond acceptors (Lipinski definition) is 8. The lowest BCUT2D eigenvalue weighted by atomic mass is 10.1. The minimum absolute atomic E-state index is 0.811. The maximum absolute atomic E-state index is 5.55. The second-order valence-corrected chi connectivity index (χ2v) is 7.56. The first-order valence-electron chi connectivity index (χ1n) is 9.28. The summed E-state index contributed by atoms with van der Waals surface area (Å²) in [7, 11) is 3.60. The first-order valence-corrected chi connectivity index (χ1v) is 10.3. The zero-order valence-corrected chi connectivity index (χ0v) is 16.9. The van der Waals surface area contributed by atoms with Crippen molar-refractivity contribution < 1.29 is 9.47 Å². The third-order valence-corrected chi connectivity index (χ3v) is 5.58. The smallest absolute Gasteiger partial charge is 0.209 e. The van der Waals surface area contributed by atoms with Crippen LogP contribution in [-0.2, 0) is 24.9 Å². The summed E-state index contributed by atoms with van der Waals surface area (Å²) in [6.07, 6.45) is 1.06. The first-order chi connectivity index (χ1) is 13.3. The van der Waals surface area contributed by atoms with Crippen LogP contribution < -0.4 is 10.1 Å². The summed E-state index contributed by atoms with van der Waals surface area (Å²) in [5, 5.41) is 15.8. The fourth-order valence-electron chi connectivity index (χ4n) is 3.00. The van der Waals surface area contributed by atoms with Gasteiger partial charge in [-0.3, -0.25) is 4.90 Å². The molecule has 0 atom stereocenters. The molecule has 9 heteroatoms. The molecule has 2 heterocycles. The number of ether oxygens (including phenoxy) is 2. The molecule has 1 aliphatic heterocycles. The van der Waals surface area contributed by atoms with E-state index in [-0.39, 0.29) is 0 Å². The van der Waals surface area contributed by atoms with Crippen LogP contribution in [0.1, 0.15) is 17.5 Å². The molecule has 0 aliphatic carbocycles. The Hall–Kier alpha value is -1.68. The van der Waals surface area contributed by atoms with Crippen molar-refractivity contribution in [3.05, 3.63) is 29.3 Å². The van der Waals surface area contributed by atoms with Crippen LogP contribution in [0.5, 0.6) is 5.75 Å². The van der Waals surface area contributed by atoms with Crippen molar-refractivity contribution in [3.8, 4) is 5.75 Å². The van der Waals surface area contributed by atoms with Crippen molar-refractivity contribution >= 4 is 11.8 Å². The van der Waals surface area contributed by atoms with Gasteiger partial charge in [-0.1, -0.05) is 17.8 Å². The van der Waals surface area contributed by atoms with Gasteiger partial charge in [0.05, 0.1) is 20.3 Å². The molecule has 2 aromatic rings. The lowest BCUT2D eigenvalue weighted by Gasteiger charge is -2.27. The molecule has 1 aromatic carbocycles. The molecule has 3 rings (SSSR count). The summed E-state index contributed by atoms with van der Waals surface area (Å²) in [4.78, 5) is 2.41. The fraction of sp³-hybridized carbons (Fsp3) is 0.611. The molecule has 27 heavy (non-hydrogen) atoms. The Morgan fingerprint density at radius 3 is 2.89 bits per heavy atom. The number of methoxy groups -OCH3 is 1. The largest absolute Gasteiger partial charge is 0.496 e. The summed E-state index contributed by atoms with van der Waals surface area (Å²) in [5.74, 6) is 1.95. The molecule has 0 saturated carbocycles. The number of rotatable bonds is 10. The van der Waals surface area contributed by atoms with Crippen LogP contribution in [0, 0.1) is 0 Å². The summed E-state index contributed by atoms with van der Waals surface area (Å²) in [6, 6.07) is 6.46. The molecule has 1 aromatic heterocycles. The number of aryl methyl sites for hydroxylation is 1. The maximum Gasteiger partial charge on any atom is 0.209 e. The van der Waals surface area contributed by atoms with E-state index in [1.807, 2.05) is 7.05 Å². The third kappa shape index (κ3) is 6.17. The van der Waals surface area contributed by atoms with Gasteiger partial charge in [-0.2, -0.15) is 0 Å². The van der Waals surface area contributed by atoms with Crippen LogP contribution in [-0.4, -0.2) is 70.8 Å². The number of hydrogen-bond donors (Lipinski definition) is 1. The van der Waals surface area contributed by atoms with Gasteiger partial charge >= 0.3 is 0 Å². The highest BCUT2D eigenvalue weighted by atomic mass is 32.2. The van der Waals surface area contributed by atoms with Crippen LogP contribution in [0.2, 0.25) is 0 Å². The van der Waals surface area contributed by atoms with E-state index in [9.17, 15) is 0 Å². The van der Waals surface area contributed by atoms with E-state index in [1.54, 1.807) is 23.6 Å². The Morgan fingerprint density at radius 1 is 1.30 bits per heavy atom. The Kier molecular flexibility index (Phi) is 7.88. The Labute approximate surface area is 164 Å². The molecule has 0 amide bonds. The van der Waals surface area contributed by atoms with Crippen molar-refractivity contribution in [1.82, 2.24) is 30.4 Å². The second-order valence-electron chi connectivity index (χ2n) is 6.50. The third-order valence-electron chi connectivity index (χ3n) is 4.48. The normalized spacial score (nSPS) is 15.2. The van der Waals surface area contributed by atoms with E-state index >= 15 is 0 Å².